The number of aliphatic hydroxyl groups excluding tert-OH is 9. The van der Waals surface area contributed by atoms with E-state index in [4.69, 9.17) is 24.7 Å². The van der Waals surface area contributed by atoms with Gasteiger partial charge < -0.3 is 80.5 Å². The van der Waals surface area contributed by atoms with Crippen LogP contribution in [-0.2, 0) is 28.5 Å². The van der Waals surface area contributed by atoms with Crippen molar-refractivity contribution in [2.75, 3.05) is 0 Å². The van der Waals surface area contributed by atoms with Gasteiger partial charge in [-0.15, -0.1) is 0 Å². The average Bonchev–Trinajstić information content (AvgIpc) is 3.22. The van der Waals surface area contributed by atoms with E-state index >= 15 is 0 Å². The van der Waals surface area contributed by atoms with Gasteiger partial charge in [0.15, 0.2) is 12.1 Å². The molecule has 17 nitrogen and oxygen atoms in total. The lowest BCUT2D eigenvalue weighted by Crippen LogP contribution is -2.61. The molecule has 0 spiro atoms. The molecule has 19 atom stereocenters. The highest BCUT2D eigenvalue weighted by Gasteiger charge is 2.49. The number of rotatable bonds is 3. The van der Waals surface area contributed by atoms with E-state index in [2.05, 4.69) is 0 Å². The van der Waals surface area contributed by atoms with E-state index in [1.54, 1.807) is 69.4 Å². The number of fused-ring (bicyclic) bond motifs is 2. The smallest absolute Gasteiger partial charge is 0.308 e. The van der Waals surface area contributed by atoms with Gasteiger partial charge in [-0.25, -0.2) is 0 Å². The monoisotopic (exact) mass is 907 g/mol. The van der Waals surface area contributed by atoms with E-state index in [0.29, 0.717) is 6.29 Å². The summed E-state index contributed by atoms with van der Waals surface area (Å²) in [5, 5.41) is 108. The highest BCUT2D eigenvalue weighted by molar-refractivity contribution is 5.70. The average molecular weight is 908 g/mol. The maximum atomic E-state index is 12.6. The second-order valence-electron chi connectivity index (χ2n) is 17.4. The summed E-state index contributed by atoms with van der Waals surface area (Å²) in [4.78, 5) is 24.9. The van der Waals surface area contributed by atoms with E-state index < -0.39 is 135 Å². The van der Waals surface area contributed by atoms with E-state index in [9.17, 15) is 60.7 Å². The zero-order valence-electron chi connectivity index (χ0n) is 37.2. The van der Waals surface area contributed by atoms with Gasteiger partial charge in [0.1, 0.15) is 18.5 Å². The summed E-state index contributed by atoms with van der Waals surface area (Å²) in [6.07, 6.45) is 5.91. The second-order valence-corrected chi connectivity index (χ2v) is 17.4. The minimum absolute atomic E-state index is 0.107. The molecule has 64 heavy (non-hydrogen) atoms. The number of nitrogens with two attached hydrogens (primary N) is 1. The fourth-order valence-corrected chi connectivity index (χ4v) is 7.83. The van der Waals surface area contributed by atoms with Crippen LogP contribution in [0.2, 0.25) is 0 Å². The molecule has 2 bridgehead atoms. The van der Waals surface area contributed by atoms with E-state index in [0.717, 1.165) is 0 Å². The third-order valence-corrected chi connectivity index (χ3v) is 12.0. The molecule has 12 N–H and O–H groups in total. The molecule has 0 aromatic heterocycles. The number of allylic oxidation sites excluding steroid dienone is 12. The molecule has 2 saturated heterocycles. The van der Waals surface area contributed by atoms with Gasteiger partial charge in [-0.2, -0.15) is 0 Å². The summed E-state index contributed by atoms with van der Waals surface area (Å²) in [5.41, 5.74) is 6.03. The van der Waals surface area contributed by atoms with Crippen LogP contribution in [0.15, 0.2) is 85.1 Å². The Balaban J connectivity index is 1.83. The third-order valence-electron chi connectivity index (χ3n) is 12.0. The van der Waals surface area contributed by atoms with Crippen LogP contribution in [0.5, 0.6) is 0 Å². The summed E-state index contributed by atoms with van der Waals surface area (Å²) in [7, 11) is 0. The highest BCUT2D eigenvalue weighted by atomic mass is 16.7. The second kappa shape index (κ2) is 27.4. The van der Waals surface area contributed by atoms with Crippen molar-refractivity contribution in [3.63, 3.8) is 0 Å². The van der Waals surface area contributed by atoms with Gasteiger partial charge in [-0.05, 0) is 39.5 Å². The van der Waals surface area contributed by atoms with Gasteiger partial charge in [-0.1, -0.05) is 98.9 Å². The Morgan fingerprint density at radius 3 is 1.80 bits per heavy atom. The number of aliphatic hydroxyl groups is 10. The molecule has 0 amide bonds. The largest absolute Gasteiger partial charge is 0.462 e. The van der Waals surface area contributed by atoms with Gasteiger partial charge in [0.05, 0.1) is 85.5 Å². The fraction of sp³-hybridized carbons (Fsp3) is 0.660. The molecule has 362 valence electrons. The number of cyclic esters (lactones) is 1. The van der Waals surface area contributed by atoms with E-state index in [-0.39, 0.29) is 38.0 Å². The Labute approximate surface area is 376 Å². The molecule has 3 heterocycles. The molecule has 0 aromatic carbocycles. The summed E-state index contributed by atoms with van der Waals surface area (Å²) >= 11 is 0. The van der Waals surface area contributed by atoms with Crippen molar-refractivity contribution in [2.45, 2.75) is 177 Å². The molecular weight excluding hydrogens is 835 g/mol. The molecule has 2 fully saturated rings. The van der Waals surface area contributed by atoms with Gasteiger partial charge >= 0.3 is 5.97 Å². The van der Waals surface area contributed by atoms with Crippen LogP contribution in [0, 0.1) is 17.8 Å². The maximum Gasteiger partial charge on any atom is 0.308 e. The SMILES string of the molecule is C[C@@H]1[C@H](O)[C@@H](C)/C=C/C=C/C=C/C=C/C=C/C=C/C=C/C(O[C@@H]2O[C@H](C)[C@@H](O)[C@H](N)[C@@H]2O)C[C@@H]2O[C@](O)(CC(O)C(O)CCC(O)CC(O)CC(O)CC(=O)O[C@H]1C)C[C@H](O)[C@H]2C=O. The number of esters is 1. The first kappa shape index (κ1) is 55.1. The minimum Gasteiger partial charge on any atom is -0.462 e. The van der Waals surface area contributed by atoms with Gasteiger partial charge in [0, 0.05) is 31.1 Å². The van der Waals surface area contributed by atoms with Crippen LogP contribution in [0.3, 0.4) is 0 Å². The predicted octanol–water partition coefficient (Wildman–Crippen LogP) is 0.826. The lowest BCUT2D eigenvalue weighted by Gasteiger charge is -2.45. The molecule has 0 aromatic rings. The molecule has 17 heteroatoms. The lowest BCUT2D eigenvalue weighted by atomic mass is 9.83. The Morgan fingerprint density at radius 2 is 1.20 bits per heavy atom. The Bertz CT molecular complexity index is 1620. The zero-order valence-corrected chi connectivity index (χ0v) is 37.2. The minimum atomic E-state index is -2.24. The van der Waals surface area contributed by atoms with Crippen LogP contribution < -0.4 is 5.73 Å². The van der Waals surface area contributed by atoms with Crippen molar-refractivity contribution in [1.82, 2.24) is 0 Å². The molecule has 0 radical (unpaired) electrons. The van der Waals surface area contributed by atoms with Gasteiger partial charge in [-0.3, -0.25) is 4.79 Å². The number of ether oxygens (including phenoxy) is 4. The zero-order chi connectivity index (χ0) is 47.6. The summed E-state index contributed by atoms with van der Waals surface area (Å²) in [6, 6.07) is -1.11. The van der Waals surface area contributed by atoms with Crippen LogP contribution in [-0.4, -0.2) is 161 Å². The van der Waals surface area contributed by atoms with Crippen LogP contribution >= 0.6 is 0 Å². The van der Waals surface area contributed by atoms with Crippen molar-refractivity contribution >= 4 is 12.3 Å². The standard InChI is InChI=1S/C47H73NO16/c1-28-17-15-13-11-9-7-5-6-8-10-12-14-16-18-35(63-46-45(59)42(48)44(58)31(4)62-46)24-40-36(27-49)38(54)25-47(60,64-40)26-39(55)37(53)20-19-32(50)21-33(51)22-34(52)23-41(56)61-30(3)29(2)43(28)57/h5-18,27-40,42-46,50-55,57-60H,19-26,48H2,1-4H3/b6-5+,9-7+,10-8+,13-11+,14-12+,17-15+,18-16+/t28-,29-,30-,31+,32?,33?,34?,35?,36+,37?,38-,39?,40-,42-,43+,44+,45-,46-,47-/m0/s1. The van der Waals surface area contributed by atoms with Crippen molar-refractivity contribution in [3.8, 4) is 0 Å². The van der Waals surface area contributed by atoms with Crippen LogP contribution in [0.4, 0.5) is 0 Å². The summed E-state index contributed by atoms with van der Waals surface area (Å²) < 4.78 is 23.3. The molecule has 0 saturated carbocycles. The Kier molecular flexibility index (Phi) is 23.6. The lowest BCUT2D eigenvalue weighted by molar-refractivity contribution is -0.307. The number of aldehydes is 1. The third kappa shape index (κ3) is 18.2. The number of hydrogen-bond acceptors (Lipinski definition) is 17. The first-order chi connectivity index (χ1) is 30.2. The van der Waals surface area contributed by atoms with Gasteiger partial charge in [0.25, 0.3) is 0 Å². The topological polar surface area (TPSA) is 299 Å². The van der Waals surface area contributed by atoms with Gasteiger partial charge in [0.2, 0.25) is 0 Å². The molecule has 3 aliphatic rings. The van der Waals surface area contributed by atoms with Crippen LogP contribution in [0.25, 0.3) is 0 Å². The first-order valence-electron chi connectivity index (χ1n) is 22.2. The molecule has 6 unspecified atom stereocenters. The van der Waals surface area contributed by atoms with Crippen molar-refractivity contribution in [2.24, 2.45) is 23.5 Å². The number of carbonyl (C=O) groups is 2. The van der Waals surface area contributed by atoms with Crippen molar-refractivity contribution in [1.29, 1.82) is 0 Å². The van der Waals surface area contributed by atoms with Crippen LogP contribution in [0.1, 0.15) is 79.1 Å². The molecular formula is C47H73NO16. The maximum absolute atomic E-state index is 12.6. The normalized spacial score (nSPS) is 46.0. The van der Waals surface area contributed by atoms with Crippen molar-refractivity contribution in [3.05, 3.63) is 85.1 Å². The van der Waals surface area contributed by atoms with E-state index in [1.165, 1.54) is 0 Å². The van der Waals surface area contributed by atoms with E-state index in [1.807, 2.05) is 43.4 Å². The Morgan fingerprint density at radius 1 is 0.656 bits per heavy atom. The summed E-state index contributed by atoms with van der Waals surface area (Å²) in [5.74, 6) is -4.84. The van der Waals surface area contributed by atoms with Crippen molar-refractivity contribution < 1.29 is 79.6 Å². The summed E-state index contributed by atoms with van der Waals surface area (Å²) in [6.45, 7) is 6.79. The first-order valence-corrected chi connectivity index (χ1v) is 22.2. The molecule has 3 aliphatic heterocycles. The quantitative estimate of drug-likeness (QED) is 0.138. The molecule has 0 aliphatic carbocycles. The highest BCUT2D eigenvalue weighted by Crippen LogP contribution is 2.37. The fourth-order valence-electron chi connectivity index (χ4n) is 7.83. The molecule has 3 rings (SSSR count). The Hall–Kier alpha value is -3.24. The number of carbonyl (C=O) groups excluding carboxylic acids is 2. The number of hydrogen-bond donors (Lipinski definition) is 11. The predicted molar refractivity (Wildman–Crippen MR) is 235 cm³/mol.